The molecule has 0 bridgehead atoms. The van der Waals surface area contributed by atoms with Crippen molar-refractivity contribution in [3.63, 3.8) is 0 Å². The van der Waals surface area contributed by atoms with E-state index in [-0.39, 0.29) is 17.6 Å². The number of halogens is 1. The highest BCUT2D eigenvalue weighted by Crippen LogP contribution is 2.37. The molecular formula is C30H30FN3O3. The lowest BCUT2D eigenvalue weighted by Crippen LogP contribution is -2.38. The van der Waals surface area contributed by atoms with Crippen molar-refractivity contribution in [3.8, 4) is 23.1 Å². The van der Waals surface area contributed by atoms with Gasteiger partial charge in [-0.15, -0.1) is 0 Å². The lowest BCUT2D eigenvalue weighted by atomic mass is 9.84. The molecule has 3 aromatic carbocycles. The number of aryl methyl sites for hydroxylation is 1. The summed E-state index contributed by atoms with van der Waals surface area (Å²) < 4.78 is 27.3. The van der Waals surface area contributed by atoms with Crippen LogP contribution in [-0.2, 0) is 17.9 Å². The van der Waals surface area contributed by atoms with Crippen molar-refractivity contribution in [2.75, 3.05) is 7.11 Å². The molecule has 190 valence electrons. The maximum atomic E-state index is 13.5. The summed E-state index contributed by atoms with van der Waals surface area (Å²) in [6.07, 6.45) is 2.85. The van der Waals surface area contributed by atoms with E-state index < -0.39 is 0 Å². The van der Waals surface area contributed by atoms with Crippen molar-refractivity contribution >= 4 is 5.91 Å². The highest BCUT2D eigenvalue weighted by Gasteiger charge is 2.31. The van der Waals surface area contributed by atoms with Gasteiger partial charge in [0.25, 0.3) is 0 Å². The van der Waals surface area contributed by atoms with Crippen LogP contribution in [0.4, 0.5) is 4.39 Å². The monoisotopic (exact) mass is 499 g/mol. The summed E-state index contributed by atoms with van der Waals surface area (Å²) >= 11 is 0. The molecular weight excluding hydrogens is 469 g/mol. The van der Waals surface area contributed by atoms with Crippen molar-refractivity contribution < 1.29 is 18.7 Å². The molecule has 37 heavy (non-hydrogen) atoms. The summed E-state index contributed by atoms with van der Waals surface area (Å²) in [5.74, 6) is 1.50. The van der Waals surface area contributed by atoms with Gasteiger partial charge in [-0.3, -0.25) is 4.79 Å². The third-order valence-electron chi connectivity index (χ3n) is 6.82. The molecule has 1 aliphatic rings. The predicted octanol–water partition coefficient (Wildman–Crippen LogP) is 6.45. The van der Waals surface area contributed by atoms with Crippen LogP contribution >= 0.6 is 0 Å². The Labute approximate surface area is 216 Å². The van der Waals surface area contributed by atoms with Crippen LogP contribution in [0.15, 0.2) is 78.9 Å². The highest BCUT2D eigenvalue weighted by atomic mass is 19.1. The minimum atomic E-state index is -0.298. The Hall–Kier alpha value is -4.13. The van der Waals surface area contributed by atoms with Gasteiger partial charge in [-0.25, -0.2) is 9.07 Å². The molecule has 0 unspecified atom stereocenters. The smallest absolute Gasteiger partial charge is 0.228 e. The lowest BCUT2D eigenvalue weighted by molar-refractivity contribution is -0.139. The Kier molecular flexibility index (Phi) is 7.21. The van der Waals surface area contributed by atoms with E-state index >= 15 is 0 Å². The van der Waals surface area contributed by atoms with Crippen LogP contribution in [0.5, 0.6) is 17.4 Å². The zero-order valence-corrected chi connectivity index (χ0v) is 21.1. The van der Waals surface area contributed by atoms with E-state index in [2.05, 4.69) is 0 Å². The molecule has 0 atom stereocenters. The first-order valence-electron chi connectivity index (χ1n) is 12.5. The van der Waals surface area contributed by atoms with E-state index in [0.29, 0.717) is 30.5 Å². The van der Waals surface area contributed by atoms with E-state index in [1.807, 2.05) is 66.4 Å². The standard InChI is InChI=1S/C30H30FN3O3/c1-21-26(20-33(29(35)23-9-8-10-23)19-22-15-17-24(31)18-16-22)30(34(32-21)25-11-4-3-5-12-25)37-28-14-7-6-13-27(28)36-2/h3-7,11-18,23H,8-10,19-20H2,1-2H3. The minimum absolute atomic E-state index is 0.0171. The molecule has 1 fully saturated rings. The Morgan fingerprint density at radius 2 is 1.65 bits per heavy atom. The molecule has 7 heteroatoms. The molecule has 1 saturated carbocycles. The van der Waals surface area contributed by atoms with Gasteiger partial charge >= 0.3 is 0 Å². The van der Waals surface area contributed by atoms with Crippen molar-refractivity contribution in [1.82, 2.24) is 14.7 Å². The fourth-order valence-electron chi connectivity index (χ4n) is 4.50. The fourth-order valence-corrected chi connectivity index (χ4v) is 4.50. The molecule has 0 N–H and O–H groups in total. The Morgan fingerprint density at radius 1 is 0.973 bits per heavy atom. The third-order valence-corrected chi connectivity index (χ3v) is 6.82. The number of rotatable bonds is 9. The van der Waals surface area contributed by atoms with Crippen LogP contribution in [0.25, 0.3) is 5.69 Å². The van der Waals surface area contributed by atoms with E-state index in [1.54, 1.807) is 23.9 Å². The zero-order chi connectivity index (χ0) is 25.8. The number of nitrogens with zero attached hydrogens (tertiary/aromatic N) is 3. The number of hydrogen-bond acceptors (Lipinski definition) is 4. The van der Waals surface area contributed by atoms with Crippen molar-refractivity contribution in [3.05, 3.63) is 102 Å². The second-order valence-electron chi connectivity index (χ2n) is 9.32. The number of benzene rings is 3. The molecule has 1 heterocycles. The summed E-state index contributed by atoms with van der Waals surface area (Å²) in [5, 5.41) is 4.81. The molecule has 0 radical (unpaired) electrons. The summed E-state index contributed by atoms with van der Waals surface area (Å²) in [6.45, 7) is 2.61. The van der Waals surface area contributed by atoms with Crippen LogP contribution in [0.3, 0.4) is 0 Å². The molecule has 6 nitrogen and oxygen atoms in total. The molecule has 5 rings (SSSR count). The van der Waals surface area contributed by atoms with Crippen LogP contribution in [0.1, 0.15) is 36.1 Å². The van der Waals surface area contributed by atoms with E-state index in [4.69, 9.17) is 14.6 Å². The molecule has 0 saturated heterocycles. The van der Waals surface area contributed by atoms with Gasteiger partial charge in [0.1, 0.15) is 5.82 Å². The first kappa shape index (κ1) is 24.6. The van der Waals surface area contributed by atoms with Crippen molar-refractivity contribution in [2.24, 2.45) is 5.92 Å². The Morgan fingerprint density at radius 3 is 2.30 bits per heavy atom. The van der Waals surface area contributed by atoms with Gasteiger partial charge in [-0.1, -0.05) is 48.9 Å². The van der Waals surface area contributed by atoms with E-state index in [9.17, 15) is 9.18 Å². The Bertz CT molecular complexity index is 1360. The number of aromatic nitrogens is 2. The second-order valence-corrected chi connectivity index (χ2v) is 9.32. The average molecular weight is 500 g/mol. The van der Waals surface area contributed by atoms with Crippen LogP contribution in [0.2, 0.25) is 0 Å². The number of para-hydroxylation sites is 3. The van der Waals surface area contributed by atoms with Crippen molar-refractivity contribution in [1.29, 1.82) is 0 Å². The lowest BCUT2D eigenvalue weighted by Gasteiger charge is -2.32. The van der Waals surface area contributed by atoms with Crippen molar-refractivity contribution in [2.45, 2.75) is 39.3 Å². The average Bonchev–Trinajstić information content (AvgIpc) is 3.19. The van der Waals surface area contributed by atoms with Crippen LogP contribution in [-0.4, -0.2) is 27.7 Å². The van der Waals surface area contributed by atoms with Gasteiger partial charge in [0, 0.05) is 12.5 Å². The number of methoxy groups -OCH3 is 1. The minimum Gasteiger partial charge on any atom is -0.493 e. The maximum absolute atomic E-state index is 13.5. The van der Waals surface area contributed by atoms with Crippen LogP contribution < -0.4 is 9.47 Å². The number of hydrogen-bond donors (Lipinski definition) is 0. The fraction of sp³-hybridized carbons (Fsp3) is 0.267. The number of ether oxygens (including phenoxy) is 2. The van der Waals surface area contributed by atoms with Gasteiger partial charge in [0.2, 0.25) is 11.8 Å². The zero-order valence-electron chi connectivity index (χ0n) is 21.1. The summed E-state index contributed by atoms with van der Waals surface area (Å²) in [5.41, 5.74) is 3.29. The number of carbonyl (C=O) groups excluding carboxylic acids is 1. The molecule has 1 aliphatic carbocycles. The van der Waals surface area contributed by atoms with E-state index in [0.717, 1.165) is 41.8 Å². The number of carbonyl (C=O) groups is 1. The second kappa shape index (κ2) is 10.9. The highest BCUT2D eigenvalue weighted by molar-refractivity contribution is 5.79. The third kappa shape index (κ3) is 5.35. The van der Waals surface area contributed by atoms with Gasteiger partial charge in [-0.2, -0.15) is 5.10 Å². The quantitative estimate of drug-likeness (QED) is 0.266. The first-order valence-corrected chi connectivity index (χ1v) is 12.5. The molecule has 1 aromatic heterocycles. The largest absolute Gasteiger partial charge is 0.493 e. The molecule has 1 amide bonds. The molecule has 4 aromatic rings. The Balaban J connectivity index is 1.55. The SMILES string of the molecule is COc1ccccc1Oc1c(CN(Cc2ccc(F)cc2)C(=O)C2CCC2)c(C)nn1-c1ccccc1. The molecule has 0 spiro atoms. The summed E-state index contributed by atoms with van der Waals surface area (Å²) in [7, 11) is 1.60. The summed E-state index contributed by atoms with van der Waals surface area (Å²) in [4.78, 5) is 15.4. The van der Waals surface area contributed by atoms with Gasteiger partial charge in [-0.05, 0) is 61.7 Å². The number of amides is 1. The van der Waals surface area contributed by atoms with Gasteiger partial charge in [0.15, 0.2) is 11.5 Å². The molecule has 0 aliphatic heterocycles. The predicted molar refractivity (Wildman–Crippen MR) is 139 cm³/mol. The van der Waals surface area contributed by atoms with E-state index in [1.165, 1.54) is 12.1 Å². The topological polar surface area (TPSA) is 56.6 Å². The maximum Gasteiger partial charge on any atom is 0.228 e. The normalized spacial score (nSPS) is 13.2. The van der Waals surface area contributed by atoms with Gasteiger partial charge < -0.3 is 14.4 Å². The van der Waals surface area contributed by atoms with Crippen LogP contribution in [0, 0.1) is 18.7 Å². The first-order chi connectivity index (χ1) is 18.0. The van der Waals surface area contributed by atoms with Gasteiger partial charge in [0.05, 0.1) is 30.6 Å². The summed E-state index contributed by atoms with van der Waals surface area (Å²) in [6, 6.07) is 23.5.